The van der Waals surface area contributed by atoms with Crippen molar-refractivity contribution in [1.82, 2.24) is 5.32 Å². The van der Waals surface area contributed by atoms with Crippen LogP contribution in [0.3, 0.4) is 0 Å². The van der Waals surface area contributed by atoms with E-state index in [1.54, 1.807) is 0 Å². The van der Waals surface area contributed by atoms with E-state index in [9.17, 15) is 9.59 Å². The van der Waals surface area contributed by atoms with Crippen LogP contribution in [-0.4, -0.2) is 31.4 Å². The van der Waals surface area contributed by atoms with E-state index in [1.165, 1.54) is 6.42 Å². The average molecular weight is 357 g/mol. The Balaban J connectivity index is 1.77. The molecule has 2 amide bonds. The Morgan fingerprint density at radius 1 is 1.08 bits per heavy atom. The highest BCUT2D eigenvalue weighted by Gasteiger charge is 2.23. The van der Waals surface area contributed by atoms with Gasteiger partial charge in [0.15, 0.2) is 0 Å². The van der Waals surface area contributed by atoms with E-state index < -0.39 is 0 Å². The molecule has 5 heteroatoms. The Labute approximate surface area is 156 Å². The van der Waals surface area contributed by atoms with E-state index in [0.717, 1.165) is 69.4 Å². The third kappa shape index (κ3) is 4.57. The zero-order valence-corrected chi connectivity index (χ0v) is 15.9. The number of hydrogen-bond donors (Lipinski definition) is 2. The zero-order valence-electron chi connectivity index (χ0n) is 15.9. The lowest BCUT2D eigenvalue weighted by Gasteiger charge is -2.23. The monoisotopic (exact) mass is 357 g/mol. The molecule has 2 N–H and O–H groups in total. The van der Waals surface area contributed by atoms with Crippen LogP contribution in [0, 0.1) is 5.92 Å². The first-order chi connectivity index (χ1) is 12.7. The average Bonchev–Trinajstić information content (AvgIpc) is 3.21. The van der Waals surface area contributed by atoms with Gasteiger partial charge in [-0.2, -0.15) is 0 Å². The number of carbonyl (C=O) groups is 2. The maximum Gasteiger partial charge on any atom is 0.253 e. The molecule has 26 heavy (non-hydrogen) atoms. The fourth-order valence-corrected chi connectivity index (χ4v) is 3.97. The molecule has 0 unspecified atom stereocenters. The Bertz CT molecular complexity index is 632. The molecule has 1 aromatic carbocycles. The highest BCUT2D eigenvalue weighted by atomic mass is 16.2. The standard InChI is InChI=1S/C21H31N3O2/c1-2-12-22-21(26)18-15-17(10-11-19(18)24-13-6-7-14-24)23-20(25)16-8-4-3-5-9-16/h10-11,15-16H,2-9,12-14H2,1H3,(H,22,26)(H,23,25). The minimum atomic E-state index is -0.0532. The summed E-state index contributed by atoms with van der Waals surface area (Å²) in [5.74, 6) is 0.153. The molecule has 1 aliphatic carbocycles. The van der Waals surface area contributed by atoms with Crippen LogP contribution in [0.1, 0.15) is 68.6 Å². The van der Waals surface area contributed by atoms with Crippen molar-refractivity contribution < 1.29 is 9.59 Å². The van der Waals surface area contributed by atoms with Crippen LogP contribution in [0.25, 0.3) is 0 Å². The van der Waals surface area contributed by atoms with Crippen LogP contribution < -0.4 is 15.5 Å². The topological polar surface area (TPSA) is 61.4 Å². The van der Waals surface area contributed by atoms with Crippen LogP contribution >= 0.6 is 0 Å². The van der Waals surface area contributed by atoms with Crippen LogP contribution in [0.15, 0.2) is 18.2 Å². The van der Waals surface area contributed by atoms with Gasteiger partial charge < -0.3 is 15.5 Å². The number of anilines is 2. The summed E-state index contributed by atoms with van der Waals surface area (Å²) in [6, 6.07) is 5.77. The summed E-state index contributed by atoms with van der Waals surface area (Å²) in [5, 5.41) is 6.02. The molecule has 2 aliphatic rings. The lowest BCUT2D eigenvalue weighted by Crippen LogP contribution is -2.29. The Morgan fingerprint density at radius 3 is 2.50 bits per heavy atom. The number of amides is 2. The van der Waals surface area contributed by atoms with Gasteiger partial charge in [0.25, 0.3) is 5.91 Å². The van der Waals surface area contributed by atoms with E-state index in [-0.39, 0.29) is 17.7 Å². The van der Waals surface area contributed by atoms with Gasteiger partial charge in [-0.15, -0.1) is 0 Å². The third-order valence-corrected chi connectivity index (χ3v) is 5.47. The van der Waals surface area contributed by atoms with Crippen LogP contribution in [-0.2, 0) is 4.79 Å². The molecule has 142 valence electrons. The second-order valence-corrected chi connectivity index (χ2v) is 7.51. The van der Waals surface area contributed by atoms with Crippen molar-refractivity contribution in [2.75, 3.05) is 29.9 Å². The Kier molecular flexibility index (Phi) is 6.53. The molecule has 0 atom stereocenters. The van der Waals surface area contributed by atoms with Crippen LogP contribution in [0.2, 0.25) is 0 Å². The molecule has 1 aliphatic heterocycles. The molecule has 1 aromatic rings. The van der Waals surface area contributed by atoms with Crippen LogP contribution in [0.5, 0.6) is 0 Å². The number of rotatable bonds is 6. The molecule has 2 fully saturated rings. The highest BCUT2D eigenvalue weighted by Crippen LogP contribution is 2.29. The van der Waals surface area contributed by atoms with Gasteiger partial charge in [0.2, 0.25) is 5.91 Å². The van der Waals surface area contributed by atoms with Gasteiger partial charge in [0.05, 0.1) is 5.56 Å². The van der Waals surface area contributed by atoms with E-state index >= 15 is 0 Å². The number of nitrogens with zero attached hydrogens (tertiary/aromatic N) is 1. The summed E-state index contributed by atoms with van der Waals surface area (Å²) in [4.78, 5) is 27.5. The quantitative estimate of drug-likeness (QED) is 0.810. The largest absolute Gasteiger partial charge is 0.371 e. The first kappa shape index (κ1) is 18.7. The summed E-state index contributed by atoms with van der Waals surface area (Å²) < 4.78 is 0. The second kappa shape index (κ2) is 9.06. The van der Waals surface area contributed by atoms with E-state index in [0.29, 0.717) is 12.1 Å². The molecule has 0 aromatic heterocycles. The van der Waals surface area contributed by atoms with Gasteiger partial charge in [-0.3, -0.25) is 9.59 Å². The van der Waals surface area contributed by atoms with Gasteiger partial charge in [-0.25, -0.2) is 0 Å². The molecule has 0 spiro atoms. The molecule has 3 rings (SSSR count). The summed E-state index contributed by atoms with van der Waals surface area (Å²) in [5.41, 5.74) is 2.37. The maximum absolute atomic E-state index is 12.7. The van der Waals surface area contributed by atoms with Gasteiger partial charge in [0.1, 0.15) is 0 Å². The molecule has 1 heterocycles. The number of benzene rings is 1. The molecular weight excluding hydrogens is 326 g/mol. The number of carbonyl (C=O) groups excluding carboxylic acids is 2. The second-order valence-electron chi connectivity index (χ2n) is 7.51. The summed E-state index contributed by atoms with van der Waals surface area (Å²) in [6.07, 6.45) is 8.68. The lowest BCUT2D eigenvalue weighted by molar-refractivity contribution is -0.120. The van der Waals surface area contributed by atoms with Gasteiger partial charge in [0, 0.05) is 36.9 Å². The molecule has 1 saturated carbocycles. The number of hydrogen-bond acceptors (Lipinski definition) is 3. The van der Waals surface area contributed by atoms with Gasteiger partial charge in [-0.05, 0) is 50.3 Å². The first-order valence-corrected chi connectivity index (χ1v) is 10.2. The fourth-order valence-electron chi connectivity index (χ4n) is 3.97. The normalized spacial score (nSPS) is 18.0. The fraction of sp³-hybridized carbons (Fsp3) is 0.619. The van der Waals surface area contributed by atoms with Crippen LogP contribution in [0.4, 0.5) is 11.4 Å². The molecule has 5 nitrogen and oxygen atoms in total. The van der Waals surface area contributed by atoms with Gasteiger partial charge in [-0.1, -0.05) is 26.2 Å². The maximum atomic E-state index is 12.7. The van der Waals surface area contributed by atoms with Crippen molar-refractivity contribution in [3.8, 4) is 0 Å². The SMILES string of the molecule is CCCNC(=O)c1cc(NC(=O)C2CCCCC2)ccc1N1CCCC1. The summed E-state index contributed by atoms with van der Waals surface area (Å²) >= 11 is 0. The predicted octanol–water partition coefficient (Wildman–Crippen LogP) is 3.95. The van der Waals surface area contributed by atoms with E-state index in [2.05, 4.69) is 15.5 Å². The predicted molar refractivity (Wildman–Crippen MR) is 106 cm³/mol. The highest BCUT2D eigenvalue weighted by molar-refractivity contribution is 6.02. The Hall–Kier alpha value is -2.04. The minimum Gasteiger partial charge on any atom is -0.371 e. The zero-order chi connectivity index (χ0) is 18.4. The van der Waals surface area contributed by atoms with E-state index in [1.807, 2.05) is 25.1 Å². The van der Waals surface area contributed by atoms with Crippen molar-refractivity contribution in [1.29, 1.82) is 0 Å². The van der Waals surface area contributed by atoms with Crippen molar-refractivity contribution in [2.45, 2.75) is 58.3 Å². The number of nitrogens with one attached hydrogen (secondary N) is 2. The summed E-state index contributed by atoms with van der Waals surface area (Å²) in [6.45, 7) is 4.68. The third-order valence-electron chi connectivity index (χ3n) is 5.47. The van der Waals surface area contributed by atoms with Crippen molar-refractivity contribution >= 4 is 23.2 Å². The molecule has 1 saturated heterocycles. The molecular formula is C21H31N3O2. The first-order valence-electron chi connectivity index (χ1n) is 10.2. The molecule has 0 radical (unpaired) electrons. The van der Waals surface area contributed by atoms with Crippen molar-refractivity contribution in [3.05, 3.63) is 23.8 Å². The minimum absolute atomic E-state index is 0.0532. The Morgan fingerprint density at radius 2 is 1.81 bits per heavy atom. The summed E-state index contributed by atoms with van der Waals surface area (Å²) in [7, 11) is 0. The van der Waals surface area contributed by atoms with E-state index in [4.69, 9.17) is 0 Å². The van der Waals surface area contributed by atoms with Crippen molar-refractivity contribution in [2.24, 2.45) is 5.92 Å². The molecule has 0 bridgehead atoms. The lowest BCUT2D eigenvalue weighted by atomic mass is 9.88. The van der Waals surface area contributed by atoms with Gasteiger partial charge >= 0.3 is 0 Å². The van der Waals surface area contributed by atoms with Crippen molar-refractivity contribution in [3.63, 3.8) is 0 Å². The smallest absolute Gasteiger partial charge is 0.253 e.